The molecule has 21 heavy (non-hydrogen) atoms. The van der Waals surface area contributed by atoms with Crippen molar-refractivity contribution < 1.29 is 18.0 Å². The van der Waals surface area contributed by atoms with Crippen molar-refractivity contribution in [2.24, 2.45) is 5.92 Å². The molecule has 0 saturated heterocycles. The van der Waals surface area contributed by atoms with E-state index in [9.17, 15) is 18.0 Å². The number of carbonyl (C=O) groups is 1. The van der Waals surface area contributed by atoms with Gasteiger partial charge in [-0.15, -0.1) is 0 Å². The molecule has 0 radical (unpaired) electrons. The van der Waals surface area contributed by atoms with Gasteiger partial charge in [-0.05, 0) is 30.9 Å². The van der Waals surface area contributed by atoms with Crippen molar-refractivity contribution in [2.45, 2.75) is 38.3 Å². The number of hydrogen-bond acceptors (Lipinski definition) is 2. The lowest BCUT2D eigenvalue weighted by molar-refractivity contribution is -0.136. The first-order valence-electron chi connectivity index (χ1n) is 7.13. The average Bonchev–Trinajstić information content (AvgIpc) is 2.45. The minimum absolute atomic E-state index is 0.111. The molecule has 1 amide bonds. The van der Waals surface area contributed by atoms with E-state index in [-0.39, 0.29) is 5.56 Å². The molecular formula is C15H19F3N2O. The van der Waals surface area contributed by atoms with Crippen molar-refractivity contribution in [1.29, 1.82) is 0 Å². The van der Waals surface area contributed by atoms with Crippen LogP contribution in [-0.2, 0) is 6.18 Å². The number of amides is 1. The second kappa shape index (κ2) is 6.37. The summed E-state index contributed by atoms with van der Waals surface area (Å²) in [6.07, 6.45) is 1.06. The van der Waals surface area contributed by atoms with Gasteiger partial charge in [0.25, 0.3) is 5.91 Å². The van der Waals surface area contributed by atoms with Gasteiger partial charge in [0, 0.05) is 6.54 Å². The van der Waals surface area contributed by atoms with E-state index in [0.717, 1.165) is 31.7 Å². The average molecular weight is 300 g/mol. The summed E-state index contributed by atoms with van der Waals surface area (Å²) in [5.74, 6) is -0.126. The monoisotopic (exact) mass is 300 g/mol. The lowest BCUT2D eigenvalue weighted by atomic mass is 9.89. The van der Waals surface area contributed by atoms with Gasteiger partial charge in [-0.25, -0.2) is 0 Å². The van der Waals surface area contributed by atoms with Crippen LogP contribution < -0.4 is 11.1 Å². The van der Waals surface area contributed by atoms with Crippen LogP contribution in [0, 0.1) is 5.92 Å². The SMILES string of the molecule is Nc1c(C(=O)NCC2CCCCC2)cccc1C(F)(F)F. The Morgan fingerprint density at radius 3 is 2.52 bits per heavy atom. The Morgan fingerprint density at radius 1 is 1.24 bits per heavy atom. The van der Waals surface area contributed by atoms with Crippen LogP contribution in [-0.4, -0.2) is 12.5 Å². The number of alkyl halides is 3. The first-order chi connectivity index (χ1) is 9.89. The van der Waals surface area contributed by atoms with Crippen LogP contribution in [0.25, 0.3) is 0 Å². The fraction of sp³-hybridized carbons (Fsp3) is 0.533. The first kappa shape index (κ1) is 15.7. The standard InChI is InChI=1S/C15H19F3N2O/c16-15(17,18)12-8-4-7-11(13(12)19)14(21)20-9-10-5-2-1-3-6-10/h4,7-8,10H,1-3,5-6,9,19H2,(H,20,21). The lowest BCUT2D eigenvalue weighted by Gasteiger charge is -2.22. The molecule has 1 saturated carbocycles. The molecule has 1 aromatic carbocycles. The number of nitrogen functional groups attached to an aromatic ring is 1. The first-order valence-corrected chi connectivity index (χ1v) is 7.13. The largest absolute Gasteiger partial charge is 0.418 e. The van der Waals surface area contributed by atoms with Crippen LogP contribution in [0.3, 0.4) is 0 Å². The topological polar surface area (TPSA) is 55.1 Å². The third kappa shape index (κ3) is 3.89. The second-order valence-corrected chi connectivity index (χ2v) is 5.48. The normalized spacial score (nSPS) is 16.7. The van der Waals surface area contributed by atoms with Crippen LogP contribution in [0.5, 0.6) is 0 Å². The van der Waals surface area contributed by atoms with E-state index in [1.807, 2.05) is 0 Å². The van der Waals surface area contributed by atoms with Crippen molar-refractivity contribution in [3.05, 3.63) is 29.3 Å². The summed E-state index contributed by atoms with van der Waals surface area (Å²) in [6.45, 7) is 0.495. The van der Waals surface area contributed by atoms with Crippen LogP contribution >= 0.6 is 0 Å². The fourth-order valence-corrected chi connectivity index (χ4v) is 2.73. The van der Waals surface area contributed by atoms with Gasteiger partial charge in [-0.3, -0.25) is 4.79 Å². The quantitative estimate of drug-likeness (QED) is 0.838. The van der Waals surface area contributed by atoms with Crippen LogP contribution in [0.2, 0.25) is 0 Å². The molecule has 0 atom stereocenters. The number of hydrogen-bond donors (Lipinski definition) is 2. The van der Waals surface area contributed by atoms with E-state index < -0.39 is 23.3 Å². The summed E-state index contributed by atoms with van der Waals surface area (Å²) in [5, 5.41) is 2.70. The van der Waals surface area contributed by atoms with Gasteiger partial charge in [0.15, 0.2) is 0 Å². The van der Waals surface area contributed by atoms with Crippen LogP contribution in [0.1, 0.15) is 48.0 Å². The maximum Gasteiger partial charge on any atom is 0.418 e. The molecule has 6 heteroatoms. The zero-order valence-electron chi connectivity index (χ0n) is 11.7. The van der Waals surface area contributed by atoms with Crippen molar-refractivity contribution >= 4 is 11.6 Å². The molecule has 0 bridgehead atoms. The highest BCUT2D eigenvalue weighted by atomic mass is 19.4. The summed E-state index contributed by atoms with van der Waals surface area (Å²) < 4.78 is 38.3. The Balaban J connectivity index is 2.05. The molecular weight excluding hydrogens is 281 g/mol. The highest BCUT2D eigenvalue weighted by Crippen LogP contribution is 2.34. The molecule has 3 N–H and O–H groups in total. The van der Waals surface area contributed by atoms with Gasteiger partial charge in [0.1, 0.15) is 0 Å². The Labute approximate surface area is 121 Å². The number of anilines is 1. The summed E-state index contributed by atoms with van der Waals surface area (Å²) in [6, 6.07) is 3.41. The molecule has 1 aliphatic carbocycles. The minimum atomic E-state index is -4.55. The van der Waals surface area contributed by atoms with E-state index in [4.69, 9.17) is 5.73 Å². The number of nitrogens with two attached hydrogens (primary N) is 1. The highest BCUT2D eigenvalue weighted by Gasteiger charge is 2.34. The van der Waals surface area contributed by atoms with Gasteiger partial charge >= 0.3 is 6.18 Å². The van der Waals surface area contributed by atoms with Gasteiger partial charge < -0.3 is 11.1 Å². The van der Waals surface area contributed by atoms with Gasteiger partial charge in [-0.2, -0.15) is 13.2 Å². The third-order valence-electron chi connectivity index (χ3n) is 3.93. The molecule has 0 unspecified atom stereocenters. The maximum atomic E-state index is 12.8. The predicted octanol–water partition coefficient (Wildman–Crippen LogP) is 3.60. The summed E-state index contributed by atoms with van der Waals surface area (Å²) >= 11 is 0. The van der Waals surface area contributed by atoms with Crippen molar-refractivity contribution in [3.63, 3.8) is 0 Å². The zero-order valence-corrected chi connectivity index (χ0v) is 11.7. The molecule has 3 nitrogen and oxygen atoms in total. The van der Waals surface area contributed by atoms with E-state index in [1.165, 1.54) is 18.6 Å². The van der Waals surface area contributed by atoms with E-state index in [1.54, 1.807) is 0 Å². The Bertz CT molecular complexity index is 508. The number of benzene rings is 1. The molecule has 0 aliphatic heterocycles. The summed E-state index contributed by atoms with van der Waals surface area (Å²) in [5.41, 5.74) is 3.91. The number of para-hydroxylation sites is 1. The molecule has 1 aliphatic rings. The predicted molar refractivity (Wildman–Crippen MR) is 74.8 cm³/mol. The Kier molecular flexibility index (Phi) is 4.75. The van der Waals surface area contributed by atoms with Gasteiger partial charge in [-0.1, -0.05) is 25.3 Å². The molecule has 1 fully saturated rings. The second-order valence-electron chi connectivity index (χ2n) is 5.48. The van der Waals surface area contributed by atoms with Crippen molar-refractivity contribution in [2.75, 3.05) is 12.3 Å². The Morgan fingerprint density at radius 2 is 1.90 bits per heavy atom. The molecule has 116 valence electrons. The van der Waals surface area contributed by atoms with Gasteiger partial charge in [0.2, 0.25) is 0 Å². The van der Waals surface area contributed by atoms with Crippen LogP contribution in [0.4, 0.5) is 18.9 Å². The number of halogens is 3. The number of carbonyl (C=O) groups excluding carboxylic acids is 1. The molecule has 0 spiro atoms. The van der Waals surface area contributed by atoms with Crippen LogP contribution in [0.15, 0.2) is 18.2 Å². The van der Waals surface area contributed by atoms with E-state index in [2.05, 4.69) is 5.32 Å². The fourth-order valence-electron chi connectivity index (χ4n) is 2.73. The maximum absolute atomic E-state index is 12.8. The summed E-state index contributed by atoms with van der Waals surface area (Å²) in [7, 11) is 0. The molecule has 2 rings (SSSR count). The third-order valence-corrected chi connectivity index (χ3v) is 3.93. The van der Waals surface area contributed by atoms with Crippen molar-refractivity contribution in [1.82, 2.24) is 5.32 Å². The van der Waals surface area contributed by atoms with Crippen molar-refractivity contribution in [3.8, 4) is 0 Å². The molecule has 0 aromatic heterocycles. The van der Waals surface area contributed by atoms with E-state index in [0.29, 0.717) is 12.5 Å². The smallest absolute Gasteiger partial charge is 0.398 e. The number of rotatable bonds is 3. The highest BCUT2D eigenvalue weighted by molar-refractivity contribution is 5.99. The Hall–Kier alpha value is -1.72. The molecule has 1 aromatic rings. The number of nitrogens with one attached hydrogen (secondary N) is 1. The summed E-state index contributed by atoms with van der Waals surface area (Å²) in [4.78, 5) is 12.0. The zero-order chi connectivity index (χ0) is 15.5. The lowest BCUT2D eigenvalue weighted by Crippen LogP contribution is -2.31. The minimum Gasteiger partial charge on any atom is -0.398 e. The van der Waals surface area contributed by atoms with Gasteiger partial charge in [0.05, 0.1) is 16.8 Å². The molecule has 0 heterocycles. The van der Waals surface area contributed by atoms with E-state index >= 15 is 0 Å².